The Bertz CT molecular complexity index is 709. The molecule has 1 unspecified atom stereocenters. The standard InChI is InChI=1S/C18H18BrF3N2O/c19-16-10-14(6-7-17(16)25-18(20,21)22)23-15-8-9-24(12-15)11-13-4-2-1-3-5-13/h1-7,10,15,23H,8-9,11-12H2. The van der Waals surface area contributed by atoms with Crippen molar-refractivity contribution in [2.75, 3.05) is 18.4 Å². The predicted octanol–water partition coefficient (Wildman–Crippen LogP) is 5.03. The van der Waals surface area contributed by atoms with Crippen LogP contribution in [-0.4, -0.2) is 30.4 Å². The van der Waals surface area contributed by atoms with Crippen molar-refractivity contribution in [2.24, 2.45) is 0 Å². The number of nitrogens with zero attached hydrogens (tertiary/aromatic N) is 1. The van der Waals surface area contributed by atoms with Gasteiger partial charge in [0, 0.05) is 31.4 Å². The second-order valence-electron chi connectivity index (χ2n) is 6.04. The van der Waals surface area contributed by atoms with Crippen molar-refractivity contribution in [3.63, 3.8) is 0 Å². The van der Waals surface area contributed by atoms with Gasteiger partial charge in [0.1, 0.15) is 5.75 Å². The number of nitrogens with one attached hydrogen (secondary N) is 1. The average molecular weight is 415 g/mol. The number of halogens is 4. The molecule has 1 aliphatic heterocycles. The molecule has 0 amide bonds. The van der Waals surface area contributed by atoms with Gasteiger partial charge in [0.25, 0.3) is 0 Å². The van der Waals surface area contributed by atoms with Gasteiger partial charge in [0.2, 0.25) is 0 Å². The number of anilines is 1. The van der Waals surface area contributed by atoms with E-state index in [0.29, 0.717) is 0 Å². The van der Waals surface area contributed by atoms with Gasteiger partial charge in [-0.2, -0.15) is 0 Å². The largest absolute Gasteiger partial charge is 0.573 e. The van der Waals surface area contributed by atoms with E-state index < -0.39 is 6.36 Å². The van der Waals surface area contributed by atoms with Gasteiger partial charge < -0.3 is 10.1 Å². The summed E-state index contributed by atoms with van der Waals surface area (Å²) >= 11 is 3.13. The van der Waals surface area contributed by atoms with E-state index in [1.54, 1.807) is 12.1 Å². The fourth-order valence-corrected chi connectivity index (χ4v) is 3.43. The first kappa shape index (κ1) is 18.1. The third kappa shape index (κ3) is 5.37. The molecule has 0 aromatic heterocycles. The predicted molar refractivity (Wildman–Crippen MR) is 94.6 cm³/mol. The monoisotopic (exact) mass is 414 g/mol. The second kappa shape index (κ2) is 7.66. The van der Waals surface area contributed by atoms with Crippen LogP contribution >= 0.6 is 15.9 Å². The minimum absolute atomic E-state index is 0.241. The molecule has 0 bridgehead atoms. The van der Waals surface area contributed by atoms with Crippen LogP contribution in [0.2, 0.25) is 0 Å². The van der Waals surface area contributed by atoms with Crippen LogP contribution in [0.25, 0.3) is 0 Å². The Hall–Kier alpha value is -1.73. The molecule has 25 heavy (non-hydrogen) atoms. The molecule has 2 aromatic carbocycles. The van der Waals surface area contributed by atoms with Gasteiger partial charge in [-0.3, -0.25) is 4.90 Å². The first-order valence-electron chi connectivity index (χ1n) is 7.97. The van der Waals surface area contributed by atoms with Gasteiger partial charge in [-0.15, -0.1) is 13.2 Å². The Balaban J connectivity index is 1.55. The van der Waals surface area contributed by atoms with Crippen LogP contribution in [0.15, 0.2) is 53.0 Å². The smallest absolute Gasteiger partial charge is 0.405 e. The highest BCUT2D eigenvalue weighted by atomic mass is 79.9. The summed E-state index contributed by atoms with van der Waals surface area (Å²) in [6, 6.07) is 15.1. The summed E-state index contributed by atoms with van der Waals surface area (Å²) in [7, 11) is 0. The molecule has 1 atom stereocenters. The molecular weight excluding hydrogens is 397 g/mol. The van der Waals surface area contributed by atoms with E-state index in [4.69, 9.17) is 0 Å². The fourth-order valence-electron chi connectivity index (χ4n) is 2.97. The molecule has 3 rings (SSSR count). The lowest BCUT2D eigenvalue weighted by Crippen LogP contribution is -2.26. The zero-order valence-corrected chi connectivity index (χ0v) is 15.0. The maximum atomic E-state index is 12.3. The third-order valence-corrected chi connectivity index (χ3v) is 4.67. The van der Waals surface area contributed by atoms with Crippen molar-refractivity contribution in [1.29, 1.82) is 0 Å². The van der Waals surface area contributed by atoms with Crippen molar-refractivity contribution in [3.8, 4) is 5.75 Å². The number of ether oxygens (including phenoxy) is 1. The summed E-state index contributed by atoms with van der Waals surface area (Å²) < 4.78 is 41.2. The first-order valence-corrected chi connectivity index (χ1v) is 8.76. The highest BCUT2D eigenvalue weighted by Gasteiger charge is 2.32. The third-order valence-electron chi connectivity index (χ3n) is 4.05. The Morgan fingerprint density at radius 2 is 1.92 bits per heavy atom. The lowest BCUT2D eigenvalue weighted by Gasteiger charge is -2.18. The lowest BCUT2D eigenvalue weighted by atomic mass is 10.2. The Kier molecular flexibility index (Phi) is 5.54. The second-order valence-corrected chi connectivity index (χ2v) is 6.90. The van der Waals surface area contributed by atoms with Crippen molar-refractivity contribution in [1.82, 2.24) is 4.90 Å². The van der Waals surface area contributed by atoms with Crippen LogP contribution in [0.5, 0.6) is 5.75 Å². The van der Waals surface area contributed by atoms with E-state index in [-0.39, 0.29) is 16.3 Å². The highest BCUT2D eigenvalue weighted by molar-refractivity contribution is 9.10. The van der Waals surface area contributed by atoms with E-state index in [1.807, 2.05) is 18.2 Å². The maximum absolute atomic E-state index is 12.3. The molecule has 134 valence electrons. The molecule has 0 saturated carbocycles. The van der Waals surface area contributed by atoms with Crippen molar-refractivity contribution >= 4 is 21.6 Å². The summed E-state index contributed by atoms with van der Waals surface area (Å²) in [6.07, 6.45) is -3.70. The molecule has 1 saturated heterocycles. The zero-order chi connectivity index (χ0) is 17.9. The molecule has 0 spiro atoms. The molecule has 0 radical (unpaired) electrons. The van der Waals surface area contributed by atoms with Gasteiger partial charge in [-0.1, -0.05) is 30.3 Å². The quantitative estimate of drug-likeness (QED) is 0.741. The molecule has 2 aromatic rings. The van der Waals surface area contributed by atoms with Crippen molar-refractivity contribution < 1.29 is 17.9 Å². The maximum Gasteiger partial charge on any atom is 0.573 e. The normalized spacial score (nSPS) is 18.3. The number of alkyl halides is 3. The number of rotatable bonds is 5. The van der Waals surface area contributed by atoms with Crippen LogP contribution in [0, 0.1) is 0 Å². The minimum atomic E-state index is -4.69. The van der Waals surface area contributed by atoms with Crippen LogP contribution in [0.4, 0.5) is 18.9 Å². The van der Waals surface area contributed by atoms with E-state index in [0.717, 1.165) is 31.7 Å². The number of likely N-dealkylation sites (tertiary alicyclic amines) is 1. The molecule has 1 fully saturated rings. The van der Waals surface area contributed by atoms with Crippen LogP contribution in [0.1, 0.15) is 12.0 Å². The lowest BCUT2D eigenvalue weighted by molar-refractivity contribution is -0.274. The van der Waals surface area contributed by atoms with Crippen LogP contribution in [0.3, 0.4) is 0 Å². The molecule has 1 N–H and O–H groups in total. The van der Waals surface area contributed by atoms with E-state index in [2.05, 4.69) is 43.0 Å². The first-order chi connectivity index (χ1) is 11.9. The molecule has 0 aliphatic carbocycles. The summed E-state index contributed by atoms with van der Waals surface area (Å²) in [5.41, 5.74) is 2.05. The van der Waals surface area contributed by atoms with Gasteiger partial charge in [-0.25, -0.2) is 0 Å². The van der Waals surface area contributed by atoms with E-state index >= 15 is 0 Å². The van der Waals surface area contributed by atoms with Crippen LogP contribution in [-0.2, 0) is 6.54 Å². The summed E-state index contributed by atoms with van der Waals surface area (Å²) in [6.45, 7) is 2.79. The summed E-state index contributed by atoms with van der Waals surface area (Å²) in [4.78, 5) is 2.36. The molecule has 7 heteroatoms. The van der Waals surface area contributed by atoms with Gasteiger partial charge in [0.05, 0.1) is 4.47 Å². The minimum Gasteiger partial charge on any atom is -0.405 e. The van der Waals surface area contributed by atoms with E-state index in [1.165, 1.54) is 11.6 Å². The zero-order valence-electron chi connectivity index (χ0n) is 13.4. The molecule has 3 nitrogen and oxygen atoms in total. The Labute approximate surface area is 152 Å². The van der Waals surface area contributed by atoms with Crippen molar-refractivity contribution in [2.45, 2.75) is 25.4 Å². The number of benzene rings is 2. The fraction of sp³-hybridized carbons (Fsp3) is 0.333. The molecule has 1 aliphatic rings. The number of hydrogen-bond donors (Lipinski definition) is 1. The van der Waals surface area contributed by atoms with Crippen molar-refractivity contribution in [3.05, 3.63) is 58.6 Å². The molecule has 1 heterocycles. The highest BCUT2D eigenvalue weighted by Crippen LogP contribution is 2.33. The van der Waals surface area contributed by atoms with E-state index in [9.17, 15) is 13.2 Å². The Morgan fingerprint density at radius 3 is 2.60 bits per heavy atom. The number of hydrogen-bond acceptors (Lipinski definition) is 3. The van der Waals surface area contributed by atoms with Gasteiger partial charge >= 0.3 is 6.36 Å². The summed E-state index contributed by atoms with van der Waals surface area (Å²) in [5, 5.41) is 3.38. The molecular formula is C18H18BrF3N2O. The topological polar surface area (TPSA) is 24.5 Å². The average Bonchev–Trinajstić information content (AvgIpc) is 2.97. The SMILES string of the molecule is FC(F)(F)Oc1ccc(NC2CCN(Cc3ccccc3)C2)cc1Br. The van der Waals surface area contributed by atoms with Gasteiger partial charge in [0.15, 0.2) is 0 Å². The Morgan fingerprint density at radius 1 is 1.16 bits per heavy atom. The summed E-state index contributed by atoms with van der Waals surface area (Å²) in [5.74, 6) is -0.241. The van der Waals surface area contributed by atoms with Crippen LogP contribution < -0.4 is 10.1 Å². The van der Waals surface area contributed by atoms with Gasteiger partial charge in [-0.05, 0) is 46.1 Å².